The van der Waals surface area contributed by atoms with Crippen molar-refractivity contribution in [3.8, 4) is 12.3 Å². The minimum Gasteiger partial charge on any atom is -0.369 e. The summed E-state index contributed by atoms with van der Waals surface area (Å²) in [6.07, 6.45) is 9.16. The van der Waals surface area contributed by atoms with Gasteiger partial charge in [0.05, 0.1) is 7.05 Å². The van der Waals surface area contributed by atoms with Gasteiger partial charge in [-0.15, -0.1) is 6.42 Å². The van der Waals surface area contributed by atoms with Gasteiger partial charge < -0.3 is 19.9 Å². The first-order valence-corrected chi connectivity index (χ1v) is 13.2. The Morgan fingerprint density at radius 3 is 2.44 bits per heavy atom. The number of nitrogens with zero attached hydrogens (tertiary/aromatic N) is 3. The predicted octanol–water partition coefficient (Wildman–Crippen LogP) is 1.30. The van der Waals surface area contributed by atoms with Crippen LogP contribution in [-0.4, -0.2) is 98.6 Å². The van der Waals surface area contributed by atoms with Crippen molar-refractivity contribution in [3.63, 3.8) is 0 Å². The largest absolute Gasteiger partial charge is 0.369 e. The fourth-order valence-corrected chi connectivity index (χ4v) is 6.62. The number of anilines is 1. The Kier molecular flexibility index (Phi) is 6.90. The number of benzene rings is 1. The summed E-state index contributed by atoms with van der Waals surface area (Å²) >= 11 is 0. The van der Waals surface area contributed by atoms with Crippen LogP contribution in [0.25, 0.3) is 0 Å². The fraction of sp³-hybridized carbons (Fsp3) is 0.607. The van der Waals surface area contributed by atoms with Crippen LogP contribution in [0.3, 0.4) is 0 Å². The maximum Gasteiger partial charge on any atom is 0.336 e. The van der Waals surface area contributed by atoms with Crippen LogP contribution in [-0.2, 0) is 14.3 Å². The summed E-state index contributed by atoms with van der Waals surface area (Å²) in [5.74, 6) is 2.04. The molecule has 0 radical (unpaired) electrons. The fourth-order valence-electron chi connectivity index (χ4n) is 6.62. The van der Waals surface area contributed by atoms with E-state index in [1.54, 1.807) is 7.05 Å². The molecule has 0 spiro atoms. The van der Waals surface area contributed by atoms with Gasteiger partial charge in [-0.1, -0.05) is 18.8 Å². The van der Waals surface area contributed by atoms with E-state index in [1.165, 1.54) is 0 Å². The Bertz CT molecular complexity index is 1050. The minimum atomic E-state index is -0.659. The van der Waals surface area contributed by atoms with Gasteiger partial charge in [0.1, 0.15) is 31.2 Å². The molecule has 8 heteroatoms. The average molecular weight is 494 g/mol. The van der Waals surface area contributed by atoms with E-state index in [0.717, 1.165) is 57.5 Å². The van der Waals surface area contributed by atoms with Crippen LogP contribution < -0.4 is 10.2 Å². The predicted molar refractivity (Wildman–Crippen MR) is 136 cm³/mol. The topological polar surface area (TPSA) is 79.0 Å². The van der Waals surface area contributed by atoms with Crippen molar-refractivity contribution in [2.24, 2.45) is 11.8 Å². The lowest BCUT2D eigenvalue weighted by atomic mass is 9.94. The number of terminal acetylenes is 1. The lowest BCUT2D eigenvalue weighted by Crippen LogP contribution is -2.64. The smallest absolute Gasteiger partial charge is 0.336 e. The first kappa shape index (κ1) is 24.9. The highest BCUT2D eigenvalue weighted by Gasteiger charge is 2.63. The van der Waals surface area contributed by atoms with Crippen LogP contribution in [0.1, 0.15) is 36.0 Å². The molecule has 4 fully saturated rings. The van der Waals surface area contributed by atoms with E-state index in [0.29, 0.717) is 12.1 Å². The number of ether oxygens (including phenoxy) is 1. The van der Waals surface area contributed by atoms with Crippen molar-refractivity contribution in [1.29, 1.82) is 0 Å². The first-order chi connectivity index (χ1) is 17.3. The van der Waals surface area contributed by atoms with Gasteiger partial charge in [-0.2, -0.15) is 0 Å². The number of nitrogens with one attached hydrogen (secondary N) is 1. The molecule has 3 aliphatic heterocycles. The van der Waals surface area contributed by atoms with Crippen LogP contribution in [0.5, 0.6) is 0 Å². The summed E-state index contributed by atoms with van der Waals surface area (Å²) in [5, 5.41) is 3.08. The standard InChI is InChI=1S/C28H36N4O4/c1-4-19-17-32(3,25-23(33)18-36-26(19)25)28(35)24(20-7-5-6-8-20)29-27(34)21-9-11-22(12-10-21)31-15-13-30(2)14-16-31/h1,9-12,19-20,24-26H,5-8,13-18H2,2-3H3/p+1. The number of fused-ring (bicyclic) bond motifs is 1. The molecule has 8 nitrogen and oxygen atoms in total. The molecule has 3 heterocycles. The molecule has 0 bridgehead atoms. The SMILES string of the molecule is C#CC1C[N+](C)(C(=O)C(NC(=O)c2ccc(N3CCN(C)CC3)cc2)C2CCCC2)C2C(=O)COC12. The Hall–Kier alpha value is -2.73. The molecular weight excluding hydrogens is 456 g/mol. The number of carbonyl (C=O) groups is 3. The summed E-state index contributed by atoms with van der Waals surface area (Å²) in [4.78, 5) is 44.9. The minimum absolute atomic E-state index is 0.00522. The number of Topliss-reactive ketones (excluding diaryl/α,β-unsaturated/α-hetero) is 1. The number of amides is 2. The second kappa shape index (κ2) is 9.97. The van der Waals surface area contributed by atoms with Crippen molar-refractivity contribution in [3.05, 3.63) is 29.8 Å². The van der Waals surface area contributed by atoms with Crippen LogP contribution in [0.15, 0.2) is 24.3 Å². The van der Waals surface area contributed by atoms with E-state index in [9.17, 15) is 14.4 Å². The third-order valence-electron chi connectivity index (χ3n) is 8.78. The van der Waals surface area contributed by atoms with Crippen molar-refractivity contribution < 1.29 is 23.6 Å². The molecule has 1 saturated carbocycles. The summed E-state index contributed by atoms with van der Waals surface area (Å²) < 4.78 is 5.61. The molecule has 0 aromatic heterocycles. The van der Waals surface area contributed by atoms with Crippen LogP contribution in [0.2, 0.25) is 0 Å². The molecule has 1 aliphatic carbocycles. The van der Waals surface area contributed by atoms with E-state index in [2.05, 4.69) is 28.1 Å². The van der Waals surface area contributed by atoms with Crippen LogP contribution >= 0.6 is 0 Å². The lowest BCUT2D eigenvalue weighted by Gasteiger charge is -2.36. The second-order valence-electron chi connectivity index (χ2n) is 11.1. The maximum absolute atomic E-state index is 14.1. The highest BCUT2D eigenvalue weighted by molar-refractivity contribution is 5.97. The molecule has 4 aliphatic rings. The average Bonchev–Trinajstić information content (AvgIpc) is 3.62. The number of likely N-dealkylation sites (N-methyl/N-ethyl adjacent to an activating group) is 2. The molecule has 1 aromatic carbocycles. The zero-order chi connectivity index (χ0) is 25.4. The third-order valence-corrected chi connectivity index (χ3v) is 8.78. The van der Waals surface area contributed by atoms with Crippen molar-refractivity contribution in [1.82, 2.24) is 10.2 Å². The molecular formula is C28H37N4O4+. The van der Waals surface area contributed by atoms with Crippen LogP contribution in [0, 0.1) is 24.2 Å². The number of quaternary nitrogens is 1. The maximum atomic E-state index is 14.1. The van der Waals surface area contributed by atoms with Crippen molar-refractivity contribution in [2.45, 2.75) is 43.9 Å². The second-order valence-corrected chi connectivity index (χ2v) is 11.1. The van der Waals surface area contributed by atoms with Crippen molar-refractivity contribution >= 4 is 23.3 Å². The van der Waals surface area contributed by atoms with Gasteiger partial charge in [0, 0.05) is 37.4 Å². The summed E-state index contributed by atoms with van der Waals surface area (Å²) in [6, 6.07) is 6.39. The number of hydrogen-bond acceptors (Lipinski definition) is 6. The van der Waals surface area contributed by atoms with Crippen molar-refractivity contribution in [2.75, 3.05) is 58.3 Å². The molecule has 5 unspecified atom stereocenters. The Morgan fingerprint density at radius 1 is 1.14 bits per heavy atom. The van der Waals surface area contributed by atoms with E-state index < -0.39 is 18.2 Å². The molecule has 5 atom stereocenters. The normalized spacial score (nSPS) is 31.8. The Labute approximate surface area is 213 Å². The van der Waals surface area contributed by atoms with Gasteiger partial charge in [-0.05, 0) is 50.1 Å². The van der Waals surface area contributed by atoms with Crippen LogP contribution in [0.4, 0.5) is 5.69 Å². The third kappa shape index (κ3) is 4.45. The quantitative estimate of drug-likeness (QED) is 0.492. The molecule has 5 rings (SSSR count). The molecule has 1 N–H and O–H groups in total. The zero-order valence-electron chi connectivity index (χ0n) is 21.3. The van der Waals surface area contributed by atoms with E-state index >= 15 is 0 Å². The number of rotatable bonds is 5. The number of ketones is 1. The number of carbonyl (C=O) groups excluding carboxylic acids is 3. The monoisotopic (exact) mass is 493 g/mol. The number of likely N-dealkylation sites (tertiary alicyclic amines) is 1. The highest BCUT2D eigenvalue weighted by Crippen LogP contribution is 2.39. The number of piperazine rings is 1. The van der Waals surface area contributed by atoms with Gasteiger partial charge >= 0.3 is 5.91 Å². The zero-order valence-corrected chi connectivity index (χ0v) is 21.3. The molecule has 36 heavy (non-hydrogen) atoms. The number of hydrogen-bond donors (Lipinski definition) is 1. The molecule has 1 aromatic rings. The molecule has 2 amide bonds. The van der Waals surface area contributed by atoms with Gasteiger partial charge in [-0.25, -0.2) is 9.28 Å². The Balaban J connectivity index is 1.34. The van der Waals surface area contributed by atoms with E-state index in [1.807, 2.05) is 24.3 Å². The van der Waals surface area contributed by atoms with E-state index in [-0.39, 0.29) is 40.5 Å². The Morgan fingerprint density at radius 2 is 1.81 bits per heavy atom. The summed E-state index contributed by atoms with van der Waals surface area (Å²) in [5.41, 5.74) is 1.64. The van der Waals surface area contributed by atoms with Gasteiger partial charge in [0.25, 0.3) is 5.91 Å². The highest BCUT2D eigenvalue weighted by atomic mass is 16.5. The lowest BCUT2D eigenvalue weighted by molar-refractivity contribution is -0.839. The van der Waals surface area contributed by atoms with Gasteiger partial charge in [0.2, 0.25) is 5.78 Å². The first-order valence-electron chi connectivity index (χ1n) is 13.2. The summed E-state index contributed by atoms with van der Waals surface area (Å²) in [7, 11) is 3.92. The van der Waals surface area contributed by atoms with Gasteiger partial charge in [0.15, 0.2) is 6.04 Å². The van der Waals surface area contributed by atoms with E-state index in [4.69, 9.17) is 11.2 Å². The van der Waals surface area contributed by atoms with Gasteiger partial charge in [-0.3, -0.25) is 9.59 Å². The molecule has 192 valence electrons. The molecule has 3 saturated heterocycles. The summed E-state index contributed by atoms with van der Waals surface area (Å²) in [6.45, 7) is 4.30.